The van der Waals surface area contributed by atoms with Crippen molar-refractivity contribution < 1.29 is 18.3 Å². The number of halogens is 3. The van der Waals surface area contributed by atoms with Gasteiger partial charge in [-0.2, -0.15) is 8.78 Å². The number of hydrogen-bond donors (Lipinski definition) is 1. The highest BCUT2D eigenvalue weighted by molar-refractivity contribution is 6.30. The Morgan fingerprint density at radius 3 is 2.67 bits per heavy atom. The van der Waals surface area contributed by atoms with Gasteiger partial charge in [0, 0.05) is 23.8 Å². The minimum Gasteiger partial charge on any atom is -0.485 e. The number of benzene rings is 2. The third kappa shape index (κ3) is 4.79. The summed E-state index contributed by atoms with van der Waals surface area (Å²) in [6, 6.07) is 11.6. The third-order valence-electron chi connectivity index (χ3n) is 3.57. The molecule has 0 fully saturated rings. The van der Waals surface area contributed by atoms with E-state index in [2.05, 4.69) is 25.1 Å². The van der Waals surface area contributed by atoms with Crippen molar-refractivity contribution in [1.29, 1.82) is 0 Å². The number of rotatable bonds is 7. The summed E-state index contributed by atoms with van der Waals surface area (Å²) in [6.45, 7) is -2.81. The fourth-order valence-electron chi connectivity index (χ4n) is 2.37. The first-order valence-corrected chi connectivity index (χ1v) is 8.24. The Hall–Kier alpha value is -3.00. The van der Waals surface area contributed by atoms with Crippen LogP contribution in [-0.4, -0.2) is 35.3 Å². The van der Waals surface area contributed by atoms with Crippen molar-refractivity contribution >= 4 is 17.8 Å². The lowest BCUT2D eigenvalue weighted by Gasteiger charge is -2.13. The topological polar surface area (TPSA) is 72.4 Å². The molecule has 2 aromatic carbocycles. The van der Waals surface area contributed by atoms with Crippen LogP contribution >= 0.6 is 11.6 Å². The molecule has 9 heteroatoms. The molecule has 140 valence electrons. The van der Waals surface area contributed by atoms with Gasteiger partial charge in [-0.15, -0.1) is 5.10 Å². The molecule has 0 bridgehead atoms. The van der Waals surface area contributed by atoms with Crippen molar-refractivity contribution in [2.45, 2.75) is 13.2 Å². The molecule has 0 atom stereocenters. The summed E-state index contributed by atoms with van der Waals surface area (Å²) in [4.78, 5) is 3.92. The van der Waals surface area contributed by atoms with E-state index in [1.807, 2.05) is 0 Å². The number of aromatic amines is 1. The zero-order valence-corrected chi connectivity index (χ0v) is 15.0. The summed E-state index contributed by atoms with van der Waals surface area (Å²) in [5.74, 6) is 0.0852. The molecule has 1 heterocycles. The Labute approximate surface area is 158 Å². The van der Waals surface area contributed by atoms with Crippen LogP contribution in [0.3, 0.4) is 0 Å². The summed E-state index contributed by atoms with van der Waals surface area (Å²) < 4.78 is 35.7. The van der Waals surface area contributed by atoms with E-state index >= 15 is 0 Å². The normalized spacial score (nSPS) is 11.3. The van der Waals surface area contributed by atoms with Gasteiger partial charge in [-0.1, -0.05) is 28.9 Å². The van der Waals surface area contributed by atoms with Crippen LogP contribution in [0.25, 0.3) is 11.3 Å². The Morgan fingerprint density at radius 1 is 1.19 bits per heavy atom. The number of nitrogens with one attached hydrogen (secondary N) is 1. The Morgan fingerprint density at radius 2 is 1.96 bits per heavy atom. The molecule has 27 heavy (non-hydrogen) atoms. The molecular weight excluding hydrogens is 378 g/mol. The molecular formula is C18H15ClF2N4O2. The van der Waals surface area contributed by atoms with Gasteiger partial charge in [-0.05, 0) is 35.9 Å². The standard InChI is InChI=1S/C18H15ClF2N4O2/c1-22-9-14-17(24-25-23-14)12-4-7-15(27-18(20)21)16(8-12)26-10-11-2-5-13(19)6-3-11/h2-9,18H,10H2,1H3,(H,23,24,25)/b22-9+. The van der Waals surface area contributed by atoms with Gasteiger partial charge >= 0.3 is 6.61 Å². The number of alkyl halides is 2. The Bertz CT molecular complexity index is 929. The molecule has 0 saturated carbocycles. The van der Waals surface area contributed by atoms with E-state index in [0.717, 1.165) is 5.56 Å². The zero-order valence-electron chi connectivity index (χ0n) is 14.2. The molecule has 6 nitrogen and oxygen atoms in total. The molecule has 0 aliphatic heterocycles. The van der Waals surface area contributed by atoms with Crippen LogP contribution in [0.15, 0.2) is 47.5 Å². The second-order valence-corrected chi connectivity index (χ2v) is 5.85. The monoisotopic (exact) mass is 392 g/mol. The first kappa shape index (κ1) is 18.8. The van der Waals surface area contributed by atoms with Gasteiger partial charge in [0.1, 0.15) is 18.0 Å². The SMILES string of the molecule is C/N=C/c1[nH]nnc1-c1ccc(OC(F)F)c(OCc2ccc(Cl)cc2)c1. The number of aromatic nitrogens is 3. The lowest BCUT2D eigenvalue weighted by Crippen LogP contribution is -2.05. The maximum atomic E-state index is 12.7. The fraction of sp³-hybridized carbons (Fsp3) is 0.167. The lowest BCUT2D eigenvalue weighted by molar-refractivity contribution is -0.0515. The summed E-state index contributed by atoms with van der Waals surface area (Å²) in [6.07, 6.45) is 1.56. The summed E-state index contributed by atoms with van der Waals surface area (Å²) in [5, 5.41) is 11.1. The first-order chi connectivity index (χ1) is 13.1. The largest absolute Gasteiger partial charge is 0.485 e. The van der Waals surface area contributed by atoms with Gasteiger partial charge in [0.05, 0.1) is 0 Å². The average Bonchev–Trinajstić information content (AvgIpc) is 3.10. The van der Waals surface area contributed by atoms with Crippen LogP contribution in [0.1, 0.15) is 11.3 Å². The number of hydrogen-bond acceptors (Lipinski definition) is 5. The molecule has 0 amide bonds. The molecule has 3 aromatic rings. The van der Waals surface area contributed by atoms with Crippen molar-refractivity contribution in [3.05, 3.63) is 58.7 Å². The minimum atomic E-state index is -2.97. The molecule has 3 rings (SSSR count). The fourth-order valence-corrected chi connectivity index (χ4v) is 2.50. The lowest BCUT2D eigenvalue weighted by atomic mass is 10.1. The van der Waals surface area contributed by atoms with Gasteiger partial charge in [0.15, 0.2) is 11.5 Å². The quantitative estimate of drug-likeness (QED) is 0.606. The number of nitrogens with zero attached hydrogens (tertiary/aromatic N) is 3. The van der Waals surface area contributed by atoms with E-state index in [0.29, 0.717) is 22.0 Å². The van der Waals surface area contributed by atoms with Crippen LogP contribution in [0, 0.1) is 0 Å². The molecule has 1 N–H and O–H groups in total. The average molecular weight is 393 g/mol. The first-order valence-electron chi connectivity index (χ1n) is 7.86. The van der Waals surface area contributed by atoms with E-state index in [1.54, 1.807) is 49.7 Å². The second kappa shape index (κ2) is 8.59. The van der Waals surface area contributed by atoms with Crippen molar-refractivity contribution in [1.82, 2.24) is 15.4 Å². The number of ether oxygens (including phenoxy) is 2. The van der Waals surface area contributed by atoms with E-state index in [9.17, 15) is 8.78 Å². The molecule has 0 aliphatic carbocycles. The number of H-pyrrole nitrogens is 1. The van der Waals surface area contributed by atoms with E-state index < -0.39 is 6.61 Å². The van der Waals surface area contributed by atoms with Crippen molar-refractivity contribution in [2.24, 2.45) is 4.99 Å². The van der Waals surface area contributed by atoms with Gasteiger partial charge in [-0.3, -0.25) is 10.1 Å². The predicted octanol–water partition coefficient (Wildman–Crippen LogP) is 4.35. The van der Waals surface area contributed by atoms with Crippen LogP contribution in [0.2, 0.25) is 5.02 Å². The summed E-state index contributed by atoms with van der Waals surface area (Å²) >= 11 is 5.86. The van der Waals surface area contributed by atoms with Gasteiger partial charge < -0.3 is 9.47 Å². The van der Waals surface area contributed by atoms with E-state index in [1.165, 1.54) is 6.07 Å². The predicted molar refractivity (Wildman–Crippen MR) is 97.8 cm³/mol. The second-order valence-electron chi connectivity index (χ2n) is 5.42. The highest BCUT2D eigenvalue weighted by atomic mass is 35.5. The van der Waals surface area contributed by atoms with Crippen LogP contribution in [-0.2, 0) is 6.61 Å². The number of aliphatic imine (C=N–C) groups is 1. The van der Waals surface area contributed by atoms with Gasteiger partial charge in [0.2, 0.25) is 0 Å². The molecule has 0 unspecified atom stereocenters. The molecule has 0 aliphatic rings. The maximum absolute atomic E-state index is 12.7. The summed E-state index contributed by atoms with van der Waals surface area (Å²) in [5.41, 5.74) is 2.55. The highest BCUT2D eigenvalue weighted by Gasteiger charge is 2.15. The van der Waals surface area contributed by atoms with E-state index in [4.69, 9.17) is 16.3 Å². The van der Waals surface area contributed by atoms with E-state index in [-0.39, 0.29) is 18.1 Å². The zero-order chi connectivity index (χ0) is 19.2. The maximum Gasteiger partial charge on any atom is 0.387 e. The minimum absolute atomic E-state index is 0.0723. The van der Waals surface area contributed by atoms with Gasteiger partial charge in [0.25, 0.3) is 0 Å². The van der Waals surface area contributed by atoms with Crippen molar-refractivity contribution in [3.8, 4) is 22.8 Å². The van der Waals surface area contributed by atoms with Crippen molar-refractivity contribution in [3.63, 3.8) is 0 Å². The highest BCUT2D eigenvalue weighted by Crippen LogP contribution is 2.34. The van der Waals surface area contributed by atoms with Crippen LogP contribution < -0.4 is 9.47 Å². The molecule has 0 saturated heterocycles. The molecule has 0 radical (unpaired) electrons. The van der Waals surface area contributed by atoms with Crippen LogP contribution in [0.4, 0.5) is 8.78 Å². The third-order valence-corrected chi connectivity index (χ3v) is 3.83. The smallest absolute Gasteiger partial charge is 0.387 e. The Balaban J connectivity index is 1.90. The molecule has 0 spiro atoms. The van der Waals surface area contributed by atoms with Gasteiger partial charge in [-0.25, -0.2) is 0 Å². The summed E-state index contributed by atoms with van der Waals surface area (Å²) in [7, 11) is 1.62. The van der Waals surface area contributed by atoms with Crippen LogP contribution in [0.5, 0.6) is 11.5 Å². The molecule has 1 aromatic heterocycles. The Kier molecular flexibility index (Phi) is 5.97. The van der Waals surface area contributed by atoms with Crippen molar-refractivity contribution in [2.75, 3.05) is 7.05 Å².